The smallest absolute Gasteiger partial charge is 0.267 e. The predicted molar refractivity (Wildman–Crippen MR) is 135 cm³/mol. The van der Waals surface area contributed by atoms with Gasteiger partial charge in [-0.15, -0.1) is 0 Å². The molecule has 1 unspecified atom stereocenters. The number of anilines is 2. The summed E-state index contributed by atoms with van der Waals surface area (Å²) in [6, 6.07) is 22.6. The monoisotopic (exact) mass is 474 g/mol. The summed E-state index contributed by atoms with van der Waals surface area (Å²) in [7, 11) is 0. The van der Waals surface area contributed by atoms with E-state index >= 15 is 0 Å². The number of nitrogens with one attached hydrogen (secondary N) is 1. The highest BCUT2D eigenvalue weighted by atomic mass is 16.5. The summed E-state index contributed by atoms with van der Waals surface area (Å²) in [6.07, 6.45) is 0.324. The van der Waals surface area contributed by atoms with Crippen LogP contribution < -0.4 is 24.4 Å². The summed E-state index contributed by atoms with van der Waals surface area (Å²) in [5, 5.41) is 2.91. The van der Waals surface area contributed by atoms with Crippen LogP contribution in [-0.2, 0) is 9.59 Å². The third-order valence-corrected chi connectivity index (χ3v) is 5.62. The van der Waals surface area contributed by atoms with Gasteiger partial charge in [-0.1, -0.05) is 35.9 Å². The maximum Gasteiger partial charge on any atom is 0.267 e. The van der Waals surface area contributed by atoms with Crippen molar-refractivity contribution < 1.29 is 23.8 Å². The molecule has 0 spiro atoms. The first-order valence-electron chi connectivity index (χ1n) is 11.8. The molecule has 3 aromatic carbocycles. The Kier molecular flexibility index (Phi) is 7.88. The first kappa shape index (κ1) is 24.1. The van der Waals surface area contributed by atoms with Crippen molar-refractivity contribution in [2.75, 3.05) is 30.0 Å². The summed E-state index contributed by atoms with van der Waals surface area (Å²) >= 11 is 0. The van der Waals surface area contributed by atoms with Crippen LogP contribution in [0.5, 0.6) is 17.2 Å². The number of aryl methyl sites for hydroxylation is 1. The molecule has 0 aliphatic carbocycles. The number of amides is 2. The summed E-state index contributed by atoms with van der Waals surface area (Å²) < 4.78 is 17.2. The van der Waals surface area contributed by atoms with Crippen LogP contribution in [0.3, 0.4) is 0 Å². The molecule has 7 heteroatoms. The van der Waals surface area contributed by atoms with Crippen LogP contribution in [-0.4, -0.2) is 37.7 Å². The van der Waals surface area contributed by atoms with Crippen molar-refractivity contribution in [2.24, 2.45) is 0 Å². The number of ether oxygens (including phenoxy) is 3. The van der Waals surface area contributed by atoms with Crippen LogP contribution in [0.4, 0.5) is 11.4 Å². The molecule has 7 nitrogen and oxygen atoms in total. The van der Waals surface area contributed by atoms with E-state index in [4.69, 9.17) is 14.2 Å². The number of fused-ring (bicyclic) bond motifs is 1. The standard InChI is InChI=1S/C28H30N2O5/c1-20-10-13-24(14-11-20)34-18-16-30-25-19-22(12-15-26(25)35-21(2)28(30)32)29-27(31)9-6-17-33-23-7-4-3-5-8-23/h3-5,7-8,10-15,19,21H,6,9,16-18H2,1-2H3,(H,29,31). The average molecular weight is 475 g/mol. The van der Waals surface area contributed by atoms with E-state index in [0.29, 0.717) is 49.7 Å². The summed E-state index contributed by atoms with van der Waals surface area (Å²) in [4.78, 5) is 26.9. The van der Waals surface area contributed by atoms with Gasteiger partial charge in [0.05, 0.1) is 18.8 Å². The van der Waals surface area contributed by atoms with Gasteiger partial charge in [0.1, 0.15) is 23.9 Å². The van der Waals surface area contributed by atoms with Crippen molar-refractivity contribution in [1.82, 2.24) is 0 Å². The lowest BCUT2D eigenvalue weighted by Crippen LogP contribution is -2.46. The zero-order valence-electron chi connectivity index (χ0n) is 20.0. The molecule has 0 saturated heterocycles. The summed E-state index contributed by atoms with van der Waals surface area (Å²) in [6.45, 7) is 4.90. The zero-order valence-corrected chi connectivity index (χ0v) is 20.0. The van der Waals surface area contributed by atoms with Crippen LogP contribution in [0.25, 0.3) is 0 Å². The third-order valence-electron chi connectivity index (χ3n) is 5.62. The van der Waals surface area contributed by atoms with E-state index < -0.39 is 6.10 Å². The fourth-order valence-electron chi connectivity index (χ4n) is 3.77. The van der Waals surface area contributed by atoms with E-state index in [0.717, 1.165) is 17.1 Å². The lowest BCUT2D eigenvalue weighted by molar-refractivity contribution is -0.125. The van der Waals surface area contributed by atoms with E-state index in [1.54, 1.807) is 30.0 Å². The number of carbonyl (C=O) groups is 2. The Balaban J connectivity index is 1.33. The fourth-order valence-corrected chi connectivity index (χ4v) is 3.77. The summed E-state index contributed by atoms with van der Waals surface area (Å²) in [5.41, 5.74) is 2.38. The molecule has 1 N–H and O–H groups in total. The number of rotatable bonds is 10. The molecule has 4 rings (SSSR count). The normalized spacial score (nSPS) is 14.6. The van der Waals surface area contributed by atoms with Gasteiger partial charge >= 0.3 is 0 Å². The molecule has 0 fully saturated rings. The van der Waals surface area contributed by atoms with Crippen LogP contribution in [0, 0.1) is 6.92 Å². The van der Waals surface area contributed by atoms with E-state index in [1.165, 1.54) is 0 Å². The van der Waals surface area contributed by atoms with Crippen molar-refractivity contribution in [3.63, 3.8) is 0 Å². The van der Waals surface area contributed by atoms with Crippen molar-refractivity contribution in [3.05, 3.63) is 78.4 Å². The van der Waals surface area contributed by atoms with Gasteiger partial charge in [0.25, 0.3) is 5.91 Å². The molecule has 182 valence electrons. The van der Waals surface area contributed by atoms with Crippen LogP contribution in [0.15, 0.2) is 72.8 Å². The molecule has 3 aromatic rings. The average Bonchev–Trinajstić information content (AvgIpc) is 2.86. The number of benzene rings is 3. The SMILES string of the molecule is Cc1ccc(OCCN2C(=O)C(C)Oc3ccc(NC(=O)CCCOc4ccccc4)cc32)cc1. The predicted octanol–water partition coefficient (Wildman–Crippen LogP) is 4.99. The Bertz CT molecular complexity index is 1150. The zero-order chi connectivity index (χ0) is 24.6. The highest BCUT2D eigenvalue weighted by Crippen LogP contribution is 2.36. The van der Waals surface area contributed by atoms with Crippen LogP contribution in [0.1, 0.15) is 25.3 Å². The first-order chi connectivity index (χ1) is 17.0. The van der Waals surface area contributed by atoms with Gasteiger partial charge in [0.15, 0.2) is 6.10 Å². The maximum absolute atomic E-state index is 12.8. The Labute approximate surface area is 205 Å². The highest BCUT2D eigenvalue weighted by molar-refractivity contribution is 6.01. The molecule has 0 saturated carbocycles. The lowest BCUT2D eigenvalue weighted by Gasteiger charge is -2.33. The minimum Gasteiger partial charge on any atom is -0.494 e. The topological polar surface area (TPSA) is 77.1 Å². The molecule has 1 aliphatic heterocycles. The molecular weight excluding hydrogens is 444 g/mol. The third kappa shape index (κ3) is 6.53. The second-order valence-electron chi connectivity index (χ2n) is 8.41. The molecular formula is C28H30N2O5. The van der Waals surface area contributed by atoms with Gasteiger partial charge in [-0.2, -0.15) is 0 Å². The Hall–Kier alpha value is -4.00. The molecule has 1 aliphatic rings. The molecule has 0 radical (unpaired) electrons. The Morgan fingerprint density at radius 3 is 2.46 bits per heavy atom. The number of para-hydroxylation sites is 1. The highest BCUT2D eigenvalue weighted by Gasteiger charge is 2.31. The van der Waals surface area contributed by atoms with Crippen LogP contribution >= 0.6 is 0 Å². The van der Waals surface area contributed by atoms with Crippen molar-refractivity contribution in [3.8, 4) is 17.2 Å². The lowest BCUT2D eigenvalue weighted by atomic mass is 10.1. The number of carbonyl (C=O) groups excluding carboxylic acids is 2. The van der Waals surface area contributed by atoms with E-state index in [2.05, 4.69) is 5.32 Å². The quantitative estimate of drug-likeness (QED) is 0.419. The van der Waals surface area contributed by atoms with Gasteiger partial charge in [-0.25, -0.2) is 0 Å². The molecule has 2 amide bonds. The molecule has 0 bridgehead atoms. The maximum atomic E-state index is 12.8. The van der Waals surface area contributed by atoms with Gasteiger partial charge in [0, 0.05) is 12.1 Å². The van der Waals surface area contributed by atoms with Gasteiger partial charge in [0.2, 0.25) is 5.91 Å². The number of hydrogen-bond acceptors (Lipinski definition) is 5. The minimum absolute atomic E-state index is 0.118. The largest absolute Gasteiger partial charge is 0.494 e. The molecule has 0 aromatic heterocycles. The Morgan fingerprint density at radius 1 is 0.971 bits per heavy atom. The molecule has 35 heavy (non-hydrogen) atoms. The Morgan fingerprint density at radius 2 is 1.69 bits per heavy atom. The second-order valence-corrected chi connectivity index (χ2v) is 8.41. The van der Waals surface area contributed by atoms with Crippen LogP contribution in [0.2, 0.25) is 0 Å². The van der Waals surface area contributed by atoms with Crippen molar-refractivity contribution in [2.45, 2.75) is 32.8 Å². The molecule has 1 heterocycles. The second kappa shape index (κ2) is 11.4. The minimum atomic E-state index is -0.591. The van der Waals surface area contributed by atoms with Crippen molar-refractivity contribution in [1.29, 1.82) is 0 Å². The summed E-state index contributed by atoms with van der Waals surface area (Å²) in [5.74, 6) is 1.87. The van der Waals surface area contributed by atoms with Gasteiger partial charge in [-0.05, 0) is 62.7 Å². The first-order valence-corrected chi connectivity index (χ1v) is 11.8. The number of hydrogen-bond donors (Lipinski definition) is 1. The van der Waals surface area contributed by atoms with Gasteiger partial charge in [-0.3, -0.25) is 9.59 Å². The fraction of sp³-hybridized carbons (Fsp3) is 0.286. The molecule has 1 atom stereocenters. The van der Waals surface area contributed by atoms with E-state index in [-0.39, 0.29) is 11.8 Å². The number of nitrogens with zero attached hydrogens (tertiary/aromatic N) is 1. The van der Waals surface area contributed by atoms with E-state index in [1.807, 2.05) is 61.5 Å². The van der Waals surface area contributed by atoms with E-state index in [9.17, 15) is 9.59 Å². The van der Waals surface area contributed by atoms with Gasteiger partial charge < -0.3 is 24.4 Å². The van der Waals surface area contributed by atoms with Crippen molar-refractivity contribution >= 4 is 23.2 Å².